The summed E-state index contributed by atoms with van der Waals surface area (Å²) >= 11 is 0. The highest BCUT2D eigenvalue weighted by Crippen LogP contribution is 2.16. The van der Waals surface area contributed by atoms with Crippen LogP contribution in [0, 0.1) is 12.7 Å². The van der Waals surface area contributed by atoms with Crippen molar-refractivity contribution >= 4 is 28.3 Å². The first-order valence-corrected chi connectivity index (χ1v) is 7.72. The van der Waals surface area contributed by atoms with Gasteiger partial charge in [-0.2, -0.15) is 5.10 Å². The van der Waals surface area contributed by atoms with E-state index in [1.165, 1.54) is 18.2 Å². The summed E-state index contributed by atoms with van der Waals surface area (Å²) in [5.74, 6) is -2.07. The van der Waals surface area contributed by atoms with Crippen molar-refractivity contribution in [3.8, 4) is 0 Å². The summed E-state index contributed by atoms with van der Waals surface area (Å²) in [5.41, 5.74) is 5.42. The summed E-state index contributed by atoms with van der Waals surface area (Å²) in [7, 11) is 0. The topological polar surface area (TPSA) is 107 Å². The molecule has 2 amide bonds. The van der Waals surface area contributed by atoms with Gasteiger partial charge in [0, 0.05) is 5.39 Å². The molecule has 2 aromatic carbocycles. The molecule has 0 saturated carbocycles. The lowest BCUT2D eigenvalue weighted by Crippen LogP contribution is -2.32. The summed E-state index contributed by atoms with van der Waals surface area (Å²) < 4.78 is 14.6. The molecule has 0 bridgehead atoms. The molecule has 3 N–H and O–H groups in total. The molecule has 132 valence electrons. The van der Waals surface area contributed by atoms with E-state index >= 15 is 0 Å². The third-order valence-corrected chi connectivity index (χ3v) is 3.79. The third kappa shape index (κ3) is 3.30. The highest BCUT2D eigenvalue weighted by molar-refractivity contribution is 6.04. The van der Waals surface area contributed by atoms with Crippen LogP contribution in [0.3, 0.4) is 0 Å². The van der Waals surface area contributed by atoms with Crippen molar-refractivity contribution in [2.75, 3.05) is 5.32 Å². The molecule has 0 saturated heterocycles. The number of nitrogens with one attached hydrogen (secondary N) is 1. The van der Waals surface area contributed by atoms with E-state index in [2.05, 4.69) is 10.4 Å². The summed E-state index contributed by atoms with van der Waals surface area (Å²) in [5, 5.41) is 6.82. The van der Waals surface area contributed by atoms with E-state index in [9.17, 15) is 18.8 Å². The monoisotopic (exact) mass is 354 g/mol. The van der Waals surface area contributed by atoms with Gasteiger partial charge in [-0.1, -0.05) is 24.3 Å². The maximum absolute atomic E-state index is 13.8. The summed E-state index contributed by atoms with van der Waals surface area (Å²) in [6.45, 7) is 1.26. The number of aryl methyl sites for hydroxylation is 1. The van der Waals surface area contributed by atoms with E-state index in [0.717, 1.165) is 10.2 Å². The number of carbonyl (C=O) groups excluding carboxylic acids is 2. The molecule has 3 aromatic rings. The minimum Gasteiger partial charge on any atom is -0.364 e. The van der Waals surface area contributed by atoms with Gasteiger partial charge in [0.05, 0.1) is 11.1 Å². The van der Waals surface area contributed by atoms with E-state index in [-0.39, 0.29) is 16.8 Å². The number of primary amides is 1. The second kappa shape index (κ2) is 6.75. The van der Waals surface area contributed by atoms with Gasteiger partial charge in [-0.25, -0.2) is 9.07 Å². The smallest absolute Gasteiger partial charge is 0.275 e. The number of halogens is 1. The van der Waals surface area contributed by atoms with Gasteiger partial charge in [-0.15, -0.1) is 0 Å². The molecule has 26 heavy (non-hydrogen) atoms. The summed E-state index contributed by atoms with van der Waals surface area (Å²) in [4.78, 5) is 36.4. The van der Waals surface area contributed by atoms with Gasteiger partial charge in [0.2, 0.25) is 5.91 Å². The van der Waals surface area contributed by atoms with Crippen LogP contribution >= 0.6 is 0 Å². The van der Waals surface area contributed by atoms with Crippen LogP contribution in [-0.2, 0) is 11.3 Å². The van der Waals surface area contributed by atoms with Gasteiger partial charge in [0.1, 0.15) is 12.4 Å². The average Bonchev–Trinajstić information content (AvgIpc) is 2.60. The van der Waals surface area contributed by atoms with Gasteiger partial charge < -0.3 is 11.1 Å². The summed E-state index contributed by atoms with van der Waals surface area (Å²) in [6.07, 6.45) is 0. The van der Waals surface area contributed by atoms with Gasteiger partial charge in [-0.05, 0) is 30.7 Å². The number of hydrogen-bond donors (Lipinski definition) is 2. The second-order valence-electron chi connectivity index (χ2n) is 5.75. The molecule has 8 heteroatoms. The fourth-order valence-corrected chi connectivity index (χ4v) is 2.58. The Kier molecular flexibility index (Phi) is 4.49. The standard InChI is InChI=1S/C18H15FN4O3/c1-10-6-7-13(19)14(8-10)21-15(24)9-23-18(26)12-5-3-2-4-11(12)16(22-23)17(20)25/h2-8H,9H2,1H3,(H2,20,25)(H,21,24). The van der Waals surface area contributed by atoms with Crippen molar-refractivity contribution in [3.63, 3.8) is 0 Å². The number of nitrogens with zero attached hydrogens (tertiary/aromatic N) is 2. The lowest BCUT2D eigenvalue weighted by atomic mass is 10.1. The first-order valence-electron chi connectivity index (χ1n) is 7.72. The number of nitrogens with two attached hydrogens (primary N) is 1. The lowest BCUT2D eigenvalue weighted by molar-refractivity contribution is -0.117. The van der Waals surface area contributed by atoms with Crippen LogP contribution in [0.25, 0.3) is 10.8 Å². The molecule has 1 heterocycles. The molecule has 0 atom stereocenters. The normalized spacial score (nSPS) is 10.7. The highest BCUT2D eigenvalue weighted by Gasteiger charge is 2.16. The Morgan fingerprint density at radius 1 is 1.19 bits per heavy atom. The third-order valence-electron chi connectivity index (χ3n) is 3.79. The van der Waals surface area contributed by atoms with Crippen molar-refractivity contribution in [2.45, 2.75) is 13.5 Å². The van der Waals surface area contributed by atoms with Crippen molar-refractivity contribution in [2.24, 2.45) is 5.73 Å². The molecule has 0 aliphatic rings. The largest absolute Gasteiger partial charge is 0.364 e. The number of amides is 2. The van der Waals surface area contributed by atoms with Crippen LogP contribution in [0.2, 0.25) is 0 Å². The Hall–Kier alpha value is -3.55. The molecule has 0 radical (unpaired) electrons. The van der Waals surface area contributed by atoms with E-state index in [0.29, 0.717) is 5.39 Å². The molecule has 0 fully saturated rings. The number of anilines is 1. The molecule has 0 aliphatic heterocycles. The minimum absolute atomic E-state index is 0.000960. The quantitative estimate of drug-likeness (QED) is 0.742. The van der Waals surface area contributed by atoms with E-state index in [1.54, 1.807) is 31.2 Å². The molecule has 3 rings (SSSR count). The van der Waals surface area contributed by atoms with E-state index < -0.39 is 29.7 Å². The van der Waals surface area contributed by atoms with Crippen molar-refractivity contribution < 1.29 is 14.0 Å². The second-order valence-corrected chi connectivity index (χ2v) is 5.75. The Morgan fingerprint density at radius 2 is 1.88 bits per heavy atom. The number of carbonyl (C=O) groups is 2. The zero-order chi connectivity index (χ0) is 18.8. The zero-order valence-electron chi connectivity index (χ0n) is 13.8. The van der Waals surface area contributed by atoms with Crippen LogP contribution in [-0.4, -0.2) is 21.6 Å². The first-order chi connectivity index (χ1) is 12.4. The summed E-state index contributed by atoms with van der Waals surface area (Å²) in [6, 6.07) is 10.6. The maximum atomic E-state index is 13.8. The average molecular weight is 354 g/mol. The highest BCUT2D eigenvalue weighted by atomic mass is 19.1. The fraction of sp³-hybridized carbons (Fsp3) is 0.111. The van der Waals surface area contributed by atoms with Crippen molar-refractivity contribution in [1.82, 2.24) is 9.78 Å². The van der Waals surface area contributed by atoms with Crippen LogP contribution in [0.5, 0.6) is 0 Å². The van der Waals surface area contributed by atoms with Crippen LogP contribution in [0.15, 0.2) is 47.3 Å². The molecule has 7 nitrogen and oxygen atoms in total. The molecular formula is C18H15FN4O3. The zero-order valence-corrected chi connectivity index (χ0v) is 13.8. The Balaban J connectivity index is 1.97. The SMILES string of the molecule is Cc1ccc(F)c(NC(=O)Cn2nc(C(N)=O)c3ccccc3c2=O)c1. The molecule has 1 aromatic heterocycles. The first kappa shape index (κ1) is 17.3. The Labute approximate surface area is 147 Å². The van der Waals surface area contributed by atoms with Crippen molar-refractivity contribution in [3.05, 3.63) is 69.9 Å². The molecular weight excluding hydrogens is 339 g/mol. The Bertz CT molecular complexity index is 1090. The molecule has 0 spiro atoms. The molecule has 0 aliphatic carbocycles. The van der Waals surface area contributed by atoms with Gasteiger partial charge in [0.25, 0.3) is 11.5 Å². The van der Waals surface area contributed by atoms with Gasteiger partial charge >= 0.3 is 0 Å². The van der Waals surface area contributed by atoms with Gasteiger partial charge in [0.15, 0.2) is 5.69 Å². The van der Waals surface area contributed by atoms with Crippen LogP contribution in [0.1, 0.15) is 16.1 Å². The Morgan fingerprint density at radius 3 is 2.58 bits per heavy atom. The lowest BCUT2D eigenvalue weighted by Gasteiger charge is -2.10. The fourth-order valence-electron chi connectivity index (χ4n) is 2.58. The predicted molar refractivity (Wildman–Crippen MR) is 94.3 cm³/mol. The van der Waals surface area contributed by atoms with Gasteiger partial charge in [-0.3, -0.25) is 14.4 Å². The van der Waals surface area contributed by atoms with Crippen molar-refractivity contribution in [1.29, 1.82) is 0 Å². The number of aromatic nitrogens is 2. The number of fused-ring (bicyclic) bond motifs is 1. The number of hydrogen-bond acceptors (Lipinski definition) is 4. The number of rotatable bonds is 4. The van der Waals surface area contributed by atoms with E-state index in [4.69, 9.17) is 5.73 Å². The van der Waals surface area contributed by atoms with E-state index in [1.807, 2.05) is 0 Å². The van der Waals surface area contributed by atoms with Crippen LogP contribution < -0.4 is 16.6 Å². The van der Waals surface area contributed by atoms with Crippen LogP contribution in [0.4, 0.5) is 10.1 Å². The maximum Gasteiger partial charge on any atom is 0.275 e. The predicted octanol–water partition coefficient (Wildman–Crippen LogP) is 1.58. The minimum atomic E-state index is -0.819. The number of benzene rings is 2. The molecule has 0 unspecified atom stereocenters.